The molecule has 1 aliphatic rings. The molecule has 3 rings (SSSR count). The molecule has 5 nitrogen and oxygen atoms in total. The van der Waals surface area contributed by atoms with Gasteiger partial charge in [0.15, 0.2) is 0 Å². The Morgan fingerprint density at radius 2 is 2.13 bits per heavy atom. The Hall–Kier alpha value is -1.30. The third-order valence-electron chi connectivity index (χ3n) is 4.32. The summed E-state index contributed by atoms with van der Waals surface area (Å²) in [6.07, 6.45) is 1.11. The van der Waals surface area contributed by atoms with E-state index in [4.69, 9.17) is 0 Å². The highest BCUT2D eigenvalue weighted by Gasteiger charge is 2.23. The molecule has 1 fully saturated rings. The third-order valence-corrected chi connectivity index (χ3v) is 4.32. The predicted octanol–water partition coefficient (Wildman–Crippen LogP) is 2.30. The van der Waals surface area contributed by atoms with Crippen molar-refractivity contribution >= 4 is 41.8 Å². The normalized spacial score (nSPS) is 20.4. The van der Waals surface area contributed by atoms with Crippen molar-refractivity contribution in [3.05, 3.63) is 30.1 Å². The fourth-order valence-corrected chi connectivity index (χ4v) is 2.97. The zero-order valence-electron chi connectivity index (χ0n) is 13.4. The van der Waals surface area contributed by atoms with Gasteiger partial charge in [0.25, 0.3) is 0 Å². The van der Waals surface area contributed by atoms with Crippen molar-refractivity contribution in [2.24, 2.45) is 5.92 Å². The molecule has 0 radical (unpaired) electrons. The van der Waals surface area contributed by atoms with Crippen LogP contribution in [0, 0.1) is 12.8 Å². The van der Waals surface area contributed by atoms with Gasteiger partial charge in [-0.05, 0) is 37.9 Å². The van der Waals surface area contributed by atoms with Gasteiger partial charge in [-0.1, -0.05) is 19.1 Å². The van der Waals surface area contributed by atoms with E-state index >= 15 is 0 Å². The third kappa shape index (κ3) is 4.37. The standard InChI is InChI=1S/C16H22N4O.2ClH/c1-11-7-8-17-9-14(11)19-16(21)10-20-12(2)18-13-5-3-4-6-15(13)20;;/h3-6,11,14,17H,7-10H2,1-2H3,(H,19,21);2*1H. The molecule has 1 amide bonds. The first-order chi connectivity index (χ1) is 10.1. The fourth-order valence-electron chi connectivity index (χ4n) is 2.97. The molecule has 1 aromatic carbocycles. The average molecular weight is 359 g/mol. The molecule has 2 N–H and O–H groups in total. The highest BCUT2D eigenvalue weighted by Crippen LogP contribution is 2.16. The summed E-state index contributed by atoms with van der Waals surface area (Å²) in [5.41, 5.74) is 1.95. The first-order valence-electron chi connectivity index (χ1n) is 7.57. The molecule has 23 heavy (non-hydrogen) atoms. The van der Waals surface area contributed by atoms with Crippen LogP contribution in [-0.2, 0) is 11.3 Å². The largest absolute Gasteiger partial charge is 0.350 e. The Morgan fingerprint density at radius 1 is 1.39 bits per heavy atom. The molecule has 0 aliphatic carbocycles. The monoisotopic (exact) mass is 358 g/mol. The second kappa shape index (κ2) is 8.52. The van der Waals surface area contributed by atoms with Gasteiger partial charge in [0.05, 0.1) is 11.0 Å². The summed E-state index contributed by atoms with van der Waals surface area (Å²) < 4.78 is 1.98. The van der Waals surface area contributed by atoms with E-state index in [2.05, 4.69) is 22.5 Å². The maximum Gasteiger partial charge on any atom is 0.240 e. The zero-order valence-corrected chi connectivity index (χ0v) is 15.0. The Balaban J connectivity index is 0.00000132. The number of hydrogen-bond donors (Lipinski definition) is 2. The van der Waals surface area contributed by atoms with Crippen LogP contribution >= 0.6 is 24.8 Å². The van der Waals surface area contributed by atoms with Crippen molar-refractivity contribution in [3.63, 3.8) is 0 Å². The highest BCUT2D eigenvalue weighted by atomic mass is 35.5. The summed E-state index contributed by atoms with van der Waals surface area (Å²) in [7, 11) is 0. The number of hydrogen-bond acceptors (Lipinski definition) is 3. The Morgan fingerprint density at radius 3 is 2.87 bits per heavy atom. The van der Waals surface area contributed by atoms with Crippen molar-refractivity contribution in [3.8, 4) is 0 Å². The minimum atomic E-state index is 0. The maximum absolute atomic E-state index is 12.3. The van der Waals surface area contributed by atoms with Gasteiger partial charge in [0.1, 0.15) is 12.4 Å². The van der Waals surface area contributed by atoms with E-state index in [0.717, 1.165) is 36.4 Å². The smallest absolute Gasteiger partial charge is 0.240 e. The second-order valence-electron chi connectivity index (χ2n) is 5.88. The van der Waals surface area contributed by atoms with Crippen LogP contribution in [-0.4, -0.2) is 34.6 Å². The van der Waals surface area contributed by atoms with Gasteiger partial charge in [-0.15, -0.1) is 24.8 Å². The number of aromatic nitrogens is 2. The number of nitrogens with zero attached hydrogens (tertiary/aromatic N) is 2. The SMILES string of the molecule is Cc1nc2ccccc2n1CC(=O)NC1CNCCC1C.Cl.Cl. The van der Waals surface area contributed by atoms with Gasteiger partial charge in [-0.3, -0.25) is 4.79 Å². The average Bonchev–Trinajstić information content (AvgIpc) is 2.78. The Kier molecular flexibility index (Phi) is 7.32. The van der Waals surface area contributed by atoms with E-state index in [1.807, 2.05) is 35.8 Å². The summed E-state index contributed by atoms with van der Waals surface area (Å²) in [4.78, 5) is 16.8. The number of nitrogens with one attached hydrogen (secondary N) is 2. The molecule has 0 saturated carbocycles. The van der Waals surface area contributed by atoms with E-state index in [1.165, 1.54) is 0 Å². The number of carbonyl (C=O) groups is 1. The number of fused-ring (bicyclic) bond motifs is 1. The molecule has 1 aliphatic heterocycles. The van der Waals surface area contributed by atoms with Crippen LogP contribution < -0.4 is 10.6 Å². The van der Waals surface area contributed by atoms with Gasteiger partial charge in [0, 0.05) is 12.6 Å². The molecule has 2 aromatic rings. The van der Waals surface area contributed by atoms with Crippen LogP contribution in [0.4, 0.5) is 0 Å². The summed E-state index contributed by atoms with van der Waals surface area (Å²) in [5.74, 6) is 1.46. The van der Waals surface area contributed by atoms with Gasteiger partial charge >= 0.3 is 0 Å². The topological polar surface area (TPSA) is 59.0 Å². The van der Waals surface area contributed by atoms with Crippen LogP contribution in [0.25, 0.3) is 11.0 Å². The van der Waals surface area contributed by atoms with Crippen molar-refractivity contribution in [1.82, 2.24) is 20.2 Å². The lowest BCUT2D eigenvalue weighted by Crippen LogP contribution is -2.50. The number of para-hydroxylation sites is 2. The summed E-state index contributed by atoms with van der Waals surface area (Å²) in [6.45, 7) is 6.37. The van der Waals surface area contributed by atoms with E-state index in [9.17, 15) is 4.79 Å². The quantitative estimate of drug-likeness (QED) is 0.884. The van der Waals surface area contributed by atoms with Gasteiger partial charge < -0.3 is 15.2 Å². The predicted molar refractivity (Wildman–Crippen MR) is 97.5 cm³/mol. The second-order valence-corrected chi connectivity index (χ2v) is 5.88. The highest BCUT2D eigenvalue weighted by molar-refractivity contribution is 5.85. The summed E-state index contributed by atoms with van der Waals surface area (Å²) in [5, 5.41) is 6.49. The molecule has 128 valence electrons. The lowest BCUT2D eigenvalue weighted by atomic mass is 9.95. The van der Waals surface area contributed by atoms with Crippen LogP contribution in [0.15, 0.2) is 24.3 Å². The van der Waals surface area contributed by atoms with Crippen molar-refractivity contribution < 1.29 is 4.79 Å². The minimum absolute atomic E-state index is 0. The number of aryl methyl sites for hydroxylation is 1. The number of amides is 1. The van der Waals surface area contributed by atoms with Crippen LogP contribution in [0.5, 0.6) is 0 Å². The Labute approximate surface area is 149 Å². The van der Waals surface area contributed by atoms with Crippen molar-refractivity contribution in [2.45, 2.75) is 32.9 Å². The van der Waals surface area contributed by atoms with Crippen LogP contribution in [0.3, 0.4) is 0 Å². The summed E-state index contributed by atoms with van der Waals surface area (Å²) in [6, 6.07) is 8.15. The first kappa shape index (κ1) is 19.7. The van der Waals surface area contributed by atoms with Crippen molar-refractivity contribution in [1.29, 1.82) is 0 Å². The number of carbonyl (C=O) groups excluding carboxylic acids is 1. The molecule has 1 saturated heterocycles. The molecule has 2 atom stereocenters. The first-order valence-corrected chi connectivity index (χ1v) is 7.57. The lowest BCUT2D eigenvalue weighted by molar-refractivity contribution is -0.122. The fraction of sp³-hybridized carbons (Fsp3) is 0.500. The van der Waals surface area contributed by atoms with Crippen LogP contribution in [0.2, 0.25) is 0 Å². The van der Waals surface area contributed by atoms with Crippen molar-refractivity contribution in [2.75, 3.05) is 13.1 Å². The molecule has 0 bridgehead atoms. The number of benzene rings is 1. The zero-order chi connectivity index (χ0) is 14.8. The van der Waals surface area contributed by atoms with E-state index in [0.29, 0.717) is 12.5 Å². The Bertz CT molecular complexity index is 659. The van der Waals surface area contributed by atoms with E-state index in [-0.39, 0.29) is 36.8 Å². The van der Waals surface area contributed by atoms with Gasteiger partial charge in [0.2, 0.25) is 5.91 Å². The van der Waals surface area contributed by atoms with Crippen LogP contribution in [0.1, 0.15) is 19.2 Å². The molecule has 0 spiro atoms. The molecule has 2 unspecified atom stereocenters. The summed E-state index contributed by atoms with van der Waals surface area (Å²) >= 11 is 0. The molecule has 1 aromatic heterocycles. The number of piperidine rings is 1. The number of imidazole rings is 1. The number of halogens is 2. The lowest BCUT2D eigenvalue weighted by Gasteiger charge is -2.30. The van der Waals surface area contributed by atoms with E-state index in [1.54, 1.807) is 0 Å². The molecular weight excluding hydrogens is 335 g/mol. The maximum atomic E-state index is 12.3. The van der Waals surface area contributed by atoms with E-state index < -0.39 is 0 Å². The molecule has 7 heteroatoms. The minimum Gasteiger partial charge on any atom is -0.350 e. The number of rotatable bonds is 3. The van der Waals surface area contributed by atoms with Gasteiger partial charge in [-0.2, -0.15) is 0 Å². The molecular formula is C16H24Cl2N4O. The van der Waals surface area contributed by atoms with Gasteiger partial charge in [-0.25, -0.2) is 4.98 Å². The molecule has 2 heterocycles.